The van der Waals surface area contributed by atoms with Crippen molar-refractivity contribution in [1.82, 2.24) is 4.90 Å². The molecule has 0 aliphatic rings. The lowest BCUT2D eigenvalue weighted by Crippen LogP contribution is -2.39. The molecule has 0 heterocycles. The fourth-order valence-corrected chi connectivity index (χ4v) is 1.99. The highest BCUT2D eigenvalue weighted by molar-refractivity contribution is 5.94. The summed E-state index contributed by atoms with van der Waals surface area (Å²) >= 11 is 0. The Hall–Kier alpha value is -2.05. The number of carbonyl (C=O) groups excluding carboxylic acids is 1. The Morgan fingerprint density at radius 1 is 1.24 bits per heavy atom. The van der Waals surface area contributed by atoms with Gasteiger partial charge in [0.2, 0.25) is 0 Å². The molecule has 4 nitrogen and oxygen atoms in total. The van der Waals surface area contributed by atoms with Crippen LogP contribution in [0.5, 0.6) is 0 Å². The third-order valence-corrected chi connectivity index (χ3v) is 3.06. The number of hydrogen-bond donors (Lipinski definition) is 1. The molecule has 0 bridgehead atoms. The maximum Gasteiger partial charge on any atom is 0.416 e. The van der Waals surface area contributed by atoms with Crippen LogP contribution < -0.4 is 0 Å². The largest absolute Gasteiger partial charge is 0.481 e. The molecule has 116 valence electrons. The van der Waals surface area contributed by atoms with E-state index in [0.717, 1.165) is 24.3 Å². The Bertz CT molecular complexity index is 511. The number of nitrogens with zero attached hydrogens (tertiary/aromatic N) is 1. The number of aliphatic carboxylic acids is 1. The number of carboxylic acid groups (broad SMARTS) is 1. The maximum atomic E-state index is 12.5. The summed E-state index contributed by atoms with van der Waals surface area (Å²) in [6, 6.07) is 3.33. The van der Waals surface area contributed by atoms with Gasteiger partial charge in [-0.2, -0.15) is 13.2 Å². The summed E-state index contributed by atoms with van der Waals surface area (Å²) in [4.78, 5) is 24.2. The van der Waals surface area contributed by atoms with Gasteiger partial charge >= 0.3 is 12.1 Å². The van der Waals surface area contributed by atoms with Crippen LogP contribution in [0, 0.1) is 0 Å². The highest BCUT2D eigenvalue weighted by atomic mass is 19.4. The van der Waals surface area contributed by atoms with Crippen LogP contribution in [-0.2, 0) is 11.0 Å². The number of carbonyl (C=O) groups is 2. The first-order valence-electron chi connectivity index (χ1n) is 6.36. The van der Waals surface area contributed by atoms with Crippen molar-refractivity contribution in [3.8, 4) is 0 Å². The second-order valence-electron chi connectivity index (χ2n) is 4.61. The van der Waals surface area contributed by atoms with Crippen molar-refractivity contribution in [2.24, 2.45) is 0 Å². The molecule has 0 saturated carbocycles. The van der Waals surface area contributed by atoms with Crippen LogP contribution in [0.4, 0.5) is 13.2 Å². The molecule has 21 heavy (non-hydrogen) atoms. The van der Waals surface area contributed by atoms with Crippen molar-refractivity contribution in [1.29, 1.82) is 0 Å². The number of benzene rings is 1. The van der Waals surface area contributed by atoms with E-state index in [1.165, 1.54) is 4.90 Å². The summed E-state index contributed by atoms with van der Waals surface area (Å²) in [5, 5.41) is 8.74. The topological polar surface area (TPSA) is 57.6 Å². The van der Waals surface area contributed by atoms with E-state index in [9.17, 15) is 22.8 Å². The molecule has 1 N–H and O–H groups in total. The minimum absolute atomic E-state index is 0.0992. The first-order chi connectivity index (χ1) is 9.66. The smallest absolute Gasteiger partial charge is 0.416 e. The van der Waals surface area contributed by atoms with Gasteiger partial charge in [-0.1, -0.05) is 0 Å². The normalized spacial score (nSPS) is 12.8. The van der Waals surface area contributed by atoms with Gasteiger partial charge in [-0.25, -0.2) is 0 Å². The average molecular weight is 303 g/mol. The molecule has 1 aromatic rings. The predicted octanol–water partition coefficient (Wildman–Crippen LogP) is 3.03. The van der Waals surface area contributed by atoms with E-state index in [-0.39, 0.29) is 18.5 Å². The molecule has 1 atom stereocenters. The van der Waals surface area contributed by atoms with Gasteiger partial charge in [0.25, 0.3) is 5.91 Å². The monoisotopic (exact) mass is 303 g/mol. The van der Waals surface area contributed by atoms with Crippen LogP contribution >= 0.6 is 0 Å². The molecule has 0 aromatic heterocycles. The zero-order valence-corrected chi connectivity index (χ0v) is 11.6. The molecular formula is C14H16F3NO3. The average Bonchev–Trinajstić information content (AvgIpc) is 2.37. The molecule has 0 aliphatic heterocycles. The Morgan fingerprint density at radius 3 is 2.14 bits per heavy atom. The minimum atomic E-state index is -4.46. The van der Waals surface area contributed by atoms with Crippen molar-refractivity contribution in [2.75, 3.05) is 6.54 Å². The van der Waals surface area contributed by atoms with Crippen molar-refractivity contribution in [3.63, 3.8) is 0 Å². The van der Waals surface area contributed by atoms with Crippen molar-refractivity contribution in [2.45, 2.75) is 32.5 Å². The predicted molar refractivity (Wildman–Crippen MR) is 69.9 cm³/mol. The number of carboxylic acids is 1. The van der Waals surface area contributed by atoms with Crippen LogP contribution in [0.25, 0.3) is 0 Å². The lowest BCUT2D eigenvalue weighted by atomic mass is 10.1. The van der Waals surface area contributed by atoms with Crippen LogP contribution in [0.1, 0.15) is 36.2 Å². The molecule has 0 fully saturated rings. The molecule has 7 heteroatoms. The van der Waals surface area contributed by atoms with E-state index < -0.39 is 29.7 Å². The van der Waals surface area contributed by atoms with Crippen LogP contribution in [0.3, 0.4) is 0 Å². The third kappa shape index (κ3) is 4.47. The SMILES string of the molecule is CCN(C(=O)c1ccc(C(F)(F)F)cc1)C(C)CC(=O)O. The van der Waals surface area contributed by atoms with E-state index in [0.29, 0.717) is 0 Å². The van der Waals surface area contributed by atoms with Gasteiger partial charge in [0.15, 0.2) is 0 Å². The van der Waals surface area contributed by atoms with Gasteiger partial charge in [-0.05, 0) is 38.1 Å². The molecule has 0 aliphatic carbocycles. The van der Waals surface area contributed by atoms with Gasteiger partial charge in [-0.15, -0.1) is 0 Å². The molecule has 1 aromatic carbocycles. The van der Waals surface area contributed by atoms with E-state index in [1.807, 2.05) is 0 Å². The molecular weight excluding hydrogens is 287 g/mol. The zero-order valence-electron chi connectivity index (χ0n) is 11.6. The number of amides is 1. The van der Waals surface area contributed by atoms with Crippen LogP contribution in [-0.4, -0.2) is 34.5 Å². The van der Waals surface area contributed by atoms with Crippen molar-refractivity contribution >= 4 is 11.9 Å². The maximum absolute atomic E-state index is 12.5. The Kier molecular flexibility index (Phi) is 5.34. The standard InChI is InChI=1S/C14H16F3NO3/c1-3-18(9(2)8-12(19)20)13(21)10-4-6-11(7-5-10)14(15,16)17/h4-7,9H,3,8H2,1-2H3,(H,19,20). The van der Waals surface area contributed by atoms with Gasteiger partial charge in [0.1, 0.15) is 0 Å². The summed E-state index contributed by atoms with van der Waals surface area (Å²) in [6.07, 6.45) is -4.68. The molecule has 0 spiro atoms. The number of hydrogen-bond acceptors (Lipinski definition) is 2. The van der Waals surface area contributed by atoms with Gasteiger partial charge in [0.05, 0.1) is 12.0 Å². The quantitative estimate of drug-likeness (QED) is 0.909. The van der Waals surface area contributed by atoms with Gasteiger partial charge in [0, 0.05) is 18.2 Å². The van der Waals surface area contributed by atoms with E-state index in [1.54, 1.807) is 13.8 Å². The summed E-state index contributed by atoms with van der Waals surface area (Å²) < 4.78 is 37.4. The number of alkyl halides is 3. The summed E-state index contributed by atoms with van der Waals surface area (Å²) in [5.74, 6) is -1.53. The Balaban J connectivity index is 2.93. The zero-order chi connectivity index (χ0) is 16.2. The highest BCUT2D eigenvalue weighted by Crippen LogP contribution is 2.29. The number of halogens is 3. The van der Waals surface area contributed by atoms with Crippen LogP contribution in [0.15, 0.2) is 24.3 Å². The fraction of sp³-hybridized carbons (Fsp3) is 0.429. The first-order valence-corrected chi connectivity index (χ1v) is 6.36. The molecule has 1 unspecified atom stereocenters. The molecule has 0 saturated heterocycles. The van der Waals surface area contributed by atoms with E-state index in [4.69, 9.17) is 5.11 Å². The number of rotatable bonds is 5. The van der Waals surface area contributed by atoms with E-state index in [2.05, 4.69) is 0 Å². The molecule has 1 amide bonds. The second-order valence-corrected chi connectivity index (χ2v) is 4.61. The van der Waals surface area contributed by atoms with Crippen molar-refractivity contribution < 1.29 is 27.9 Å². The third-order valence-electron chi connectivity index (χ3n) is 3.06. The Morgan fingerprint density at radius 2 is 1.76 bits per heavy atom. The highest BCUT2D eigenvalue weighted by Gasteiger charge is 2.30. The lowest BCUT2D eigenvalue weighted by Gasteiger charge is -2.27. The van der Waals surface area contributed by atoms with Crippen molar-refractivity contribution in [3.05, 3.63) is 35.4 Å². The van der Waals surface area contributed by atoms with Crippen LogP contribution in [0.2, 0.25) is 0 Å². The van der Waals surface area contributed by atoms with E-state index >= 15 is 0 Å². The summed E-state index contributed by atoms with van der Waals surface area (Å²) in [5.41, 5.74) is -0.734. The first kappa shape index (κ1) is 17.0. The summed E-state index contributed by atoms with van der Waals surface area (Å²) in [7, 11) is 0. The molecule has 1 rings (SSSR count). The Labute approximate surface area is 120 Å². The fourth-order valence-electron chi connectivity index (χ4n) is 1.99. The lowest BCUT2D eigenvalue weighted by molar-refractivity contribution is -0.138. The summed E-state index contributed by atoms with van der Waals surface area (Å²) in [6.45, 7) is 3.54. The van der Waals surface area contributed by atoms with Gasteiger partial charge in [-0.3, -0.25) is 9.59 Å². The van der Waals surface area contributed by atoms with Gasteiger partial charge < -0.3 is 10.0 Å². The minimum Gasteiger partial charge on any atom is -0.481 e. The molecule has 0 radical (unpaired) electrons. The second kappa shape index (κ2) is 6.60.